The molecule has 3 rings (SSSR count). The van der Waals surface area contributed by atoms with Crippen molar-refractivity contribution in [3.63, 3.8) is 0 Å². The number of fused-ring (bicyclic) bond motifs is 3. The Morgan fingerprint density at radius 1 is 1.36 bits per heavy atom. The number of allylic oxidation sites excluding steroid dienone is 3. The van der Waals surface area contributed by atoms with Gasteiger partial charge in [0, 0.05) is 0 Å². The van der Waals surface area contributed by atoms with Crippen molar-refractivity contribution in [1.29, 1.82) is 0 Å². The van der Waals surface area contributed by atoms with E-state index in [0.29, 0.717) is 18.1 Å². The van der Waals surface area contributed by atoms with Crippen LogP contribution in [0.1, 0.15) is 32.4 Å². The first-order valence-corrected chi connectivity index (χ1v) is 8.68. The zero-order valence-corrected chi connectivity index (χ0v) is 15.3. The molecule has 1 aliphatic carbocycles. The molecule has 1 aliphatic heterocycles. The lowest BCUT2D eigenvalue weighted by molar-refractivity contribution is -0.118. The minimum absolute atomic E-state index is 0.0126. The van der Waals surface area contributed by atoms with Crippen LogP contribution in [0.15, 0.2) is 30.4 Å². The Labute approximate surface area is 149 Å². The maximum atomic E-state index is 12.2. The third-order valence-corrected chi connectivity index (χ3v) is 3.88. The summed E-state index contributed by atoms with van der Waals surface area (Å²) in [7, 11) is 3.67. The molecule has 1 unspecified atom stereocenters. The number of amides is 2. The molecule has 6 heteroatoms. The Bertz CT molecular complexity index is 707. The molecule has 1 aromatic heterocycles. The van der Waals surface area contributed by atoms with E-state index in [2.05, 4.69) is 21.7 Å². The number of likely N-dealkylation sites (N-methyl/N-ethyl adjacent to an activating group) is 1. The molecule has 1 atom stereocenters. The maximum absolute atomic E-state index is 12.2. The quantitative estimate of drug-likeness (QED) is 0.886. The fourth-order valence-corrected chi connectivity index (χ4v) is 2.86. The zero-order valence-electron chi connectivity index (χ0n) is 15.3. The lowest BCUT2D eigenvalue weighted by Gasteiger charge is -2.26. The highest BCUT2D eigenvalue weighted by atomic mass is 16.2. The molecule has 0 bridgehead atoms. The first-order valence-electron chi connectivity index (χ1n) is 8.68. The fraction of sp³-hybridized carbons (Fsp3) is 0.421. The van der Waals surface area contributed by atoms with Crippen LogP contribution < -0.4 is 10.6 Å². The Morgan fingerprint density at radius 2 is 2.12 bits per heavy atom. The lowest BCUT2D eigenvalue weighted by atomic mass is 9.88. The molecule has 2 N–H and O–H groups in total. The van der Waals surface area contributed by atoms with Gasteiger partial charge in [0.05, 0.1) is 23.8 Å². The monoisotopic (exact) mass is 342 g/mol. The normalized spacial score (nSPS) is 18.0. The van der Waals surface area contributed by atoms with E-state index in [4.69, 9.17) is 0 Å². The minimum atomic E-state index is -0.183. The van der Waals surface area contributed by atoms with Crippen molar-refractivity contribution in [3.8, 4) is 0 Å². The number of carbonyl (C=O) groups excluding carboxylic acids is 2. The molecular formula is C19H26N4O2. The molecule has 0 fully saturated rings. The summed E-state index contributed by atoms with van der Waals surface area (Å²) in [5.74, 6) is 0.213. The molecular weight excluding hydrogens is 316 g/mol. The lowest BCUT2D eigenvalue weighted by Crippen LogP contribution is -2.30. The summed E-state index contributed by atoms with van der Waals surface area (Å²) in [5, 5.41) is 5.70. The van der Waals surface area contributed by atoms with E-state index in [1.54, 1.807) is 17.0 Å². The van der Waals surface area contributed by atoms with Gasteiger partial charge < -0.3 is 15.5 Å². The second-order valence-electron chi connectivity index (χ2n) is 6.05. The standard InChI is InChI=1S/C17H20N4O2.C2H6/c1-21(2)10-15(22)19-14-9-8-13-16(20-14)11-6-4-3-5-7-12(11)17(23)18-13;1-2/h3-4,6,8-9,12H,5,7,10H2,1-2H3,(H,18,23)(H,19,20,22);1-2H3. The van der Waals surface area contributed by atoms with Gasteiger partial charge >= 0.3 is 0 Å². The first kappa shape index (κ1) is 18.9. The van der Waals surface area contributed by atoms with Crippen LogP contribution in [0.4, 0.5) is 11.5 Å². The molecule has 0 saturated heterocycles. The van der Waals surface area contributed by atoms with Crippen molar-refractivity contribution in [2.75, 3.05) is 31.3 Å². The largest absolute Gasteiger partial charge is 0.324 e. The molecule has 0 radical (unpaired) electrons. The van der Waals surface area contributed by atoms with Crippen LogP contribution in [0.3, 0.4) is 0 Å². The third kappa shape index (κ3) is 4.54. The summed E-state index contributed by atoms with van der Waals surface area (Å²) in [4.78, 5) is 30.5. The van der Waals surface area contributed by atoms with E-state index in [9.17, 15) is 9.59 Å². The van der Waals surface area contributed by atoms with Crippen LogP contribution in [-0.4, -0.2) is 42.3 Å². The van der Waals surface area contributed by atoms with Gasteiger partial charge in [-0.05, 0) is 44.6 Å². The Hall–Kier alpha value is -2.47. The number of hydrogen-bond acceptors (Lipinski definition) is 4. The summed E-state index contributed by atoms with van der Waals surface area (Å²) >= 11 is 0. The van der Waals surface area contributed by atoms with Crippen molar-refractivity contribution >= 4 is 28.9 Å². The molecule has 0 spiro atoms. The van der Waals surface area contributed by atoms with E-state index < -0.39 is 0 Å². The van der Waals surface area contributed by atoms with E-state index in [0.717, 1.165) is 24.1 Å². The predicted octanol–water partition coefficient (Wildman–Crippen LogP) is 2.91. The fourth-order valence-electron chi connectivity index (χ4n) is 2.86. The summed E-state index contributed by atoms with van der Waals surface area (Å²) in [6.45, 7) is 4.30. The average Bonchev–Trinajstić information content (AvgIpc) is 2.83. The van der Waals surface area contributed by atoms with Gasteiger partial charge in [0.25, 0.3) is 0 Å². The Balaban J connectivity index is 0.00000109. The molecule has 2 amide bonds. The van der Waals surface area contributed by atoms with Gasteiger partial charge in [-0.3, -0.25) is 9.59 Å². The maximum Gasteiger partial charge on any atom is 0.239 e. The highest BCUT2D eigenvalue weighted by molar-refractivity contribution is 6.07. The Morgan fingerprint density at radius 3 is 2.84 bits per heavy atom. The number of pyridine rings is 1. The number of nitrogens with zero attached hydrogens (tertiary/aromatic N) is 2. The number of hydrogen-bond donors (Lipinski definition) is 2. The Kier molecular flexibility index (Phi) is 6.47. The molecule has 134 valence electrons. The molecule has 0 aromatic carbocycles. The van der Waals surface area contributed by atoms with Gasteiger partial charge in [-0.1, -0.05) is 32.1 Å². The molecule has 6 nitrogen and oxygen atoms in total. The predicted molar refractivity (Wildman–Crippen MR) is 101 cm³/mol. The van der Waals surface area contributed by atoms with Crippen molar-refractivity contribution in [2.24, 2.45) is 5.92 Å². The van der Waals surface area contributed by atoms with Crippen LogP contribution in [0, 0.1) is 5.92 Å². The van der Waals surface area contributed by atoms with Crippen LogP contribution in [0.25, 0.3) is 5.57 Å². The van der Waals surface area contributed by atoms with E-state index >= 15 is 0 Å². The van der Waals surface area contributed by atoms with Gasteiger partial charge in [0.1, 0.15) is 5.82 Å². The smallest absolute Gasteiger partial charge is 0.239 e. The highest BCUT2D eigenvalue weighted by Gasteiger charge is 2.32. The van der Waals surface area contributed by atoms with Crippen LogP contribution in [-0.2, 0) is 9.59 Å². The number of carbonyl (C=O) groups is 2. The zero-order chi connectivity index (χ0) is 18.4. The molecule has 2 aliphatic rings. The molecule has 25 heavy (non-hydrogen) atoms. The minimum Gasteiger partial charge on any atom is -0.324 e. The first-order chi connectivity index (χ1) is 12.0. The average molecular weight is 342 g/mol. The van der Waals surface area contributed by atoms with E-state index in [1.807, 2.05) is 40.1 Å². The van der Waals surface area contributed by atoms with Gasteiger partial charge in [-0.15, -0.1) is 0 Å². The van der Waals surface area contributed by atoms with Crippen molar-refractivity contribution in [2.45, 2.75) is 26.7 Å². The topological polar surface area (TPSA) is 74.3 Å². The van der Waals surface area contributed by atoms with Crippen molar-refractivity contribution in [1.82, 2.24) is 9.88 Å². The summed E-state index contributed by atoms with van der Waals surface area (Å²) in [6, 6.07) is 3.50. The van der Waals surface area contributed by atoms with Crippen LogP contribution in [0.2, 0.25) is 0 Å². The van der Waals surface area contributed by atoms with Gasteiger partial charge in [0.15, 0.2) is 0 Å². The van der Waals surface area contributed by atoms with Gasteiger partial charge in [-0.2, -0.15) is 0 Å². The van der Waals surface area contributed by atoms with Crippen LogP contribution >= 0.6 is 0 Å². The van der Waals surface area contributed by atoms with E-state index in [1.165, 1.54) is 0 Å². The summed E-state index contributed by atoms with van der Waals surface area (Å²) in [5.41, 5.74) is 2.35. The second-order valence-corrected chi connectivity index (χ2v) is 6.05. The number of rotatable bonds is 3. The third-order valence-electron chi connectivity index (χ3n) is 3.88. The van der Waals surface area contributed by atoms with Crippen molar-refractivity contribution in [3.05, 3.63) is 36.1 Å². The van der Waals surface area contributed by atoms with Gasteiger partial charge in [-0.25, -0.2) is 4.98 Å². The second kappa shape index (κ2) is 8.58. The van der Waals surface area contributed by atoms with Crippen LogP contribution in [0.5, 0.6) is 0 Å². The number of nitrogens with one attached hydrogen (secondary N) is 2. The SMILES string of the molecule is CC.CN(C)CC(=O)Nc1ccc2c(n1)C1=CC=CCCC1C(=O)N2. The molecule has 1 aromatic rings. The number of aromatic nitrogens is 1. The highest BCUT2D eigenvalue weighted by Crippen LogP contribution is 2.38. The summed E-state index contributed by atoms with van der Waals surface area (Å²) < 4.78 is 0. The van der Waals surface area contributed by atoms with Gasteiger partial charge in [0.2, 0.25) is 11.8 Å². The molecule has 2 heterocycles. The van der Waals surface area contributed by atoms with E-state index in [-0.39, 0.29) is 17.7 Å². The summed E-state index contributed by atoms with van der Waals surface area (Å²) in [6.07, 6.45) is 7.62. The number of anilines is 2. The van der Waals surface area contributed by atoms with Crippen molar-refractivity contribution < 1.29 is 9.59 Å². The molecule has 0 saturated carbocycles.